The van der Waals surface area contributed by atoms with Gasteiger partial charge in [0.1, 0.15) is 9.74 Å². The van der Waals surface area contributed by atoms with Gasteiger partial charge in [-0.1, -0.05) is 133 Å². The third-order valence-electron chi connectivity index (χ3n) is 10.2. The first-order valence-electron chi connectivity index (χ1n) is 17.4. The van der Waals surface area contributed by atoms with Crippen LogP contribution in [0.1, 0.15) is 47.8 Å². The number of carboxylic acids is 4. The van der Waals surface area contributed by atoms with Crippen molar-refractivity contribution in [1.82, 2.24) is 0 Å². The molecule has 288 valence electrons. The van der Waals surface area contributed by atoms with E-state index in [0.717, 1.165) is 11.1 Å². The maximum atomic E-state index is 14.3. The summed E-state index contributed by atoms with van der Waals surface area (Å²) < 4.78 is -0.615. The Balaban J connectivity index is 1.54. The fraction of sp³-hybridized carbons (Fsp3) is 0.0435. The molecule has 0 fully saturated rings. The number of aromatic carboxylic acids is 3. The predicted molar refractivity (Wildman–Crippen MR) is 237 cm³/mol. The fourth-order valence-corrected chi connectivity index (χ4v) is 11.4. The summed E-state index contributed by atoms with van der Waals surface area (Å²) in [5.74, 6) is -4.51. The van der Waals surface area contributed by atoms with Crippen molar-refractivity contribution in [2.75, 3.05) is 0 Å². The second-order valence-corrected chi connectivity index (χ2v) is 17.0. The molecule has 2 atom stereocenters. The largest absolute Gasteiger partial charge is 0.480 e. The molecule has 1 aliphatic carbocycles. The van der Waals surface area contributed by atoms with Crippen molar-refractivity contribution in [3.05, 3.63) is 192 Å². The Bertz CT molecular complexity index is 2630. The molecule has 1 aliphatic rings. The van der Waals surface area contributed by atoms with E-state index in [4.69, 9.17) is 0 Å². The number of carboxylic acid groups (broad SMARTS) is 4. The summed E-state index contributed by atoms with van der Waals surface area (Å²) in [5.41, 5.74) is 4.68. The predicted octanol–water partition coefficient (Wildman–Crippen LogP) is 12.2. The summed E-state index contributed by atoms with van der Waals surface area (Å²) in [5, 5.41) is 40.6. The molecule has 0 amide bonds. The van der Waals surface area contributed by atoms with Crippen LogP contribution < -0.4 is 0 Å². The summed E-state index contributed by atoms with van der Waals surface area (Å²) in [4.78, 5) is 49.7. The maximum absolute atomic E-state index is 14.3. The number of hydrogen-bond donors (Lipinski definition) is 4. The molecule has 0 saturated carbocycles. The van der Waals surface area contributed by atoms with Gasteiger partial charge in [-0.05, 0) is 127 Å². The highest BCUT2D eigenvalue weighted by molar-refractivity contribution is 9.15. The van der Waals surface area contributed by atoms with E-state index in [1.165, 1.54) is 36.4 Å². The van der Waals surface area contributed by atoms with Crippen molar-refractivity contribution in [3.8, 4) is 33.4 Å². The minimum absolute atomic E-state index is 0.0129. The van der Waals surface area contributed by atoms with Crippen LogP contribution in [0.4, 0.5) is 0 Å². The number of hydrogen-bond acceptors (Lipinski definition) is 4. The minimum atomic E-state index is -1.93. The lowest BCUT2D eigenvalue weighted by Crippen LogP contribution is -2.53. The Morgan fingerprint density at radius 3 is 1.31 bits per heavy atom. The highest BCUT2D eigenvalue weighted by Crippen LogP contribution is 2.67. The van der Waals surface area contributed by atoms with E-state index in [0.29, 0.717) is 53.5 Å². The Morgan fingerprint density at radius 1 is 0.414 bits per heavy atom. The summed E-state index contributed by atoms with van der Waals surface area (Å²) in [7, 11) is 0. The van der Waals surface area contributed by atoms with Gasteiger partial charge in [0.15, 0.2) is 0 Å². The Morgan fingerprint density at radius 2 is 0.845 bits per heavy atom. The van der Waals surface area contributed by atoms with Gasteiger partial charge in [-0.2, -0.15) is 0 Å². The number of halogens is 4. The zero-order chi connectivity index (χ0) is 41.5. The molecule has 7 rings (SSSR count). The lowest BCUT2D eigenvalue weighted by Gasteiger charge is -2.49. The second kappa shape index (κ2) is 16.1. The average Bonchev–Trinajstić information content (AvgIpc) is 3.23. The normalized spacial score (nSPS) is 17.9. The zero-order valence-electron chi connectivity index (χ0n) is 29.8. The van der Waals surface area contributed by atoms with Crippen LogP contribution >= 0.6 is 63.7 Å². The molecule has 12 heteroatoms. The highest BCUT2D eigenvalue weighted by Gasteiger charge is 2.64. The van der Waals surface area contributed by atoms with Crippen LogP contribution in [0.3, 0.4) is 0 Å². The van der Waals surface area contributed by atoms with Gasteiger partial charge in [-0.3, -0.25) is 4.79 Å². The van der Waals surface area contributed by atoms with Crippen molar-refractivity contribution in [2.45, 2.75) is 9.74 Å². The monoisotopic (exact) mass is 1020 g/mol. The molecular formula is C46H28Br4O8. The van der Waals surface area contributed by atoms with E-state index in [2.05, 4.69) is 63.7 Å². The molecule has 0 heterocycles. The quantitative estimate of drug-likeness (QED) is 0.0991. The van der Waals surface area contributed by atoms with Crippen molar-refractivity contribution in [1.29, 1.82) is 0 Å². The minimum Gasteiger partial charge on any atom is -0.480 e. The highest BCUT2D eigenvalue weighted by atomic mass is 79.9. The molecule has 58 heavy (non-hydrogen) atoms. The molecular weight excluding hydrogens is 1000 g/mol. The summed E-state index contributed by atoms with van der Waals surface area (Å²) in [6.45, 7) is 0. The van der Waals surface area contributed by atoms with E-state index in [1.54, 1.807) is 48.5 Å². The van der Waals surface area contributed by atoms with E-state index < -0.39 is 33.6 Å². The van der Waals surface area contributed by atoms with Gasteiger partial charge < -0.3 is 20.4 Å². The maximum Gasteiger partial charge on any atom is 0.335 e. The molecule has 4 N–H and O–H groups in total. The lowest BCUT2D eigenvalue weighted by atomic mass is 9.63. The molecule has 0 radical (unpaired) electrons. The van der Waals surface area contributed by atoms with Gasteiger partial charge in [-0.25, -0.2) is 14.4 Å². The topological polar surface area (TPSA) is 149 Å². The summed E-state index contributed by atoms with van der Waals surface area (Å²) in [6, 6.07) is 41.3. The standard InChI is InChI=1S/C46H28Br4O8/c47-38-37(34-22-32(26-9-13-28(14-10-26)41(51)52)21-33(23-34)27-11-15-29(16-12-27)42(53)54)39(48)46(50,35-19-17-30(18-20-35)43(55)56)45(40(38)49,44(57)58)36-8-4-7-31(24-36)25-5-2-1-3-6-25/h1-24H,(H,51,52)(H,53,54)(H,55,56)(H,57,58). The van der Waals surface area contributed by atoms with Crippen molar-refractivity contribution < 1.29 is 39.6 Å². The van der Waals surface area contributed by atoms with Crippen LogP contribution in [-0.4, -0.2) is 44.3 Å². The number of allylic oxidation sites excluding steroid dienone is 3. The van der Waals surface area contributed by atoms with Gasteiger partial charge >= 0.3 is 23.9 Å². The first kappa shape index (κ1) is 40.8. The number of carbonyl (C=O) groups is 4. The van der Waals surface area contributed by atoms with Crippen LogP contribution in [0.5, 0.6) is 0 Å². The first-order chi connectivity index (χ1) is 27.7. The van der Waals surface area contributed by atoms with E-state index in [1.807, 2.05) is 60.7 Å². The fourth-order valence-electron chi connectivity index (χ4n) is 7.27. The molecule has 0 bridgehead atoms. The van der Waals surface area contributed by atoms with Crippen molar-refractivity contribution in [2.24, 2.45) is 0 Å². The Labute approximate surface area is 365 Å². The molecule has 0 aliphatic heterocycles. The molecule has 0 spiro atoms. The SMILES string of the molecule is O=C(O)c1ccc(-c2cc(C3=C(Br)C(Br)(c4ccc(C(=O)O)cc4)C(C(=O)O)(c4cccc(-c5ccccc5)c4)C(Br)=C3Br)cc(-c3ccc(C(=O)O)cc3)c2)cc1. The van der Waals surface area contributed by atoms with E-state index >= 15 is 0 Å². The Hall–Kier alpha value is -5.40. The molecule has 6 aromatic carbocycles. The second-order valence-electron chi connectivity index (χ2n) is 13.4. The third-order valence-corrected chi connectivity index (χ3v) is 15.5. The molecule has 0 saturated heterocycles. The average molecular weight is 1030 g/mol. The Kier molecular flexibility index (Phi) is 11.3. The summed E-state index contributed by atoms with van der Waals surface area (Å²) >= 11 is 15.6. The van der Waals surface area contributed by atoms with Gasteiger partial charge in [0.25, 0.3) is 0 Å². The van der Waals surface area contributed by atoms with Crippen molar-refractivity contribution in [3.63, 3.8) is 0 Å². The van der Waals surface area contributed by atoms with Gasteiger partial charge in [0, 0.05) is 19.0 Å². The molecule has 2 unspecified atom stereocenters. The first-order valence-corrected chi connectivity index (χ1v) is 20.6. The third kappa shape index (κ3) is 6.97. The van der Waals surface area contributed by atoms with Gasteiger partial charge in [0.05, 0.1) is 16.7 Å². The van der Waals surface area contributed by atoms with E-state index in [-0.39, 0.29) is 21.2 Å². The van der Waals surface area contributed by atoms with Crippen LogP contribution in [-0.2, 0) is 14.5 Å². The smallest absolute Gasteiger partial charge is 0.335 e. The number of rotatable bonds is 10. The number of aliphatic carboxylic acids is 1. The van der Waals surface area contributed by atoms with Crippen LogP contribution in [0.25, 0.3) is 39.0 Å². The molecule has 0 aromatic heterocycles. The summed E-state index contributed by atoms with van der Waals surface area (Å²) in [6.07, 6.45) is 0. The van der Waals surface area contributed by atoms with E-state index in [9.17, 15) is 39.6 Å². The van der Waals surface area contributed by atoms with Crippen LogP contribution in [0.2, 0.25) is 0 Å². The molecule has 8 nitrogen and oxygen atoms in total. The number of alkyl halides is 1. The zero-order valence-corrected chi connectivity index (χ0v) is 36.1. The van der Waals surface area contributed by atoms with Gasteiger partial charge in [-0.15, -0.1) is 0 Å². The lowest BCUT2D eigenvalue weighted by molar-refractivity contribution is -0.143. The van der Waals surface area contributed by atoms with Crippen LogP contribution in [0, 0.1) is 0 Å². The van der Waals surface area contributed by atoms with Crippen LogP contribution in [0.15, 0.2) is 159 Å². The van der Waals surface area contributed by atoms with Crippen molar-refractivity contribution >= 4 is 93.2 Å². The number of benzene rings is 6. The van der Waals surface area contributed by atoms with Gasteiger partial charge in [0.2, 0.25) is 0 Å². The molecule has 6 aromatic rings.